The maximum Gasteiger partial charge on any atom is 0.203 e. The Kier molecular flexibility index (Phi) is 2.63. The van der Waals surface area contributed by atoms with Gasteiger partial charge < -0.3 is 10.3 Å². The Bertz CT molecular complexity index is 464. The molecule has 0 spiro atoms. The Morgan fingerprint density at radius 2 is 2.14 bits per heavy atom. The van der Waals surface area contributed by atoms with Gasteiger partial charge in [-0.05, 0) is 29.8 Å². The van der Waals surface area contributed by atoms with E-state index in [1.807, 2.05) is 16.7 Å². The molecule has 0 saturated carbocycles. The standard InChI is InChI=1S/C9H9Cl2N3/c10-6-1-2-8-7(5-6)13-9(11)14(8)4-3-12/h1-2,5H,3-4,12H2. The van der Waals surface area contributed by atoms with Gasteiger partial charge >= 0.3 is 0 Å². The van der Waals surface area contributed by atoms with Crippen LogP contribution in [0.2, 0.25) is 10.3 Å². The lowest BCUT2D eigenvalue weighted by molar-refractivity contribution is 0.729. The van der Waals surface area contributed by atoms with Crippen molar-refractivity contribution in [3.63, 3.8) is 0 Å². The van der Waals surface area contributed by atoms with E-state index in [9.17, 15) is 0 Å². The molecule has 0 saturated heterocycles. The SMILES string of the molecule is NCCn1c(Cl)nc2cc(Cl)ccc21. The zero-order valence-electron chi connectivity index (χ0n) is 7.37. The van der Waals surface area contributed by atoms with Crippen LogP contribution in [0, 0.1) is 0 Å². The van der Waals surface area contributed by atoms with Crippen LogP contribution < -0.4 is 5.73 Å². The van der Waals surface area contributed by atoms with Gasteiger partial charge in [0.1, 0.15) is 0 Å². The third-order valence-electron chi connectivity index (χ3n) is 2.02. The maximum absolute atomic E-state index is 5.95. The van der Waals surface area contributed by atoms with Gasteiger partial charge in [-0.25, -0.2) is 4.98 Å². The topological polar surface area (TPSA) is 43.8 Å². The number of aromatic nitrogens is 2. The van der Waals surface area contributed by atoms with Gasteiger partial charge in [-0.2, -0.15) is 0 Å². The molecule has 0 aliphatic rings. The number of nitrogens with zero attached hydrogens (tertiary/aromatic N) is 2. The molecule has 2 N–H and O–H groups in total. The van der Waals surface area contributed by atoms with Gasteiger partial charge in [0.05, 0.1) is 11.0 Å². The molecular weight excluding hydrogens is 221 g/mol. The average Bonchev–Trinajstić information content (AvgIpc) is 2.43. The van der Waals surface area contributed by atoms with Crippen LogP contribution >= 0.6 is 23.2 Å². The predicted octanol–water partition coefficient (Wildman–Crippen LogP) is 2.30. The molecule has 0 bridgehead atoms. The molecule has 0 atom stereocenters. The molecule has 14 heavy (non-hydrogen) atoms. The molecular formula is C9H9Cl2N3. The summed E-state index contributed by atoms with van der Waals surface area (Å²) in [4.78, 5) is 4.18. The molecule has 1 aromatic carbocycles. The van der Waals surface area contributed by atoms with Crippen molar-refractivity contribution in [2.75, 3.05) is 6.54 Å². The summed E-state index contributed by atoms with van der Waals surface area (Å²) in [7, 11) is 0. The van der Waals surface area contributed by atoms with Crippen molar-refractivity contribution in [2.45, 2.75) is 6.54 Å². The van der Waals surface area contributed by atoms with Crippen LogP contribution in [-0.2, 0) is 6.54 Å². The summed E-state index contributed by atoms with van der Waals surface area (Å²) in [5, 5.41) is 1.11. The molecule has 5 heteroatoms. The third kappa shape index (κ3) is 1.59. The fraction of sp³-hybridized carbons (Fsp3) is 0.222. The third-order valence-corrected chi connectivity index (χ3v) is 2.54. The molecule has 2 rings (SSSR count). The molecule has 74 valence electrons. The van der Waals surface area contributed by atoms with E-state index in [1.165, 1.54) is 0 Å². The van der Waals surface area contributed by atoms with Crippen molar-refractivity contribution in [2.24, 2.45) is 5.73 Å². The predicted molar refractivity (Wildman–Crippen MR) is 58.8 cm³/mol. The van der Waals surface area contributed by atoms with Crippen molar-refractivity contribution in [3.05, 3.63) is 28.5 Å². The first-order chi connectivity index (χ1) is 6.72. The number of hydrogen-bond acceptors (Lipinski definition) is 2. The second kappa shape index (κ2) is 3.77. The highest BCUT2D eigenvalue weighted by atomic mass is 35.5. The Labute approximate surface area is 91.4 Å². The second-order valence-electron chi connectivity index (χ2n) is 2.95. The fourth-order valence-corrected chi connectivity index (χ4v) is 1.85. The molecule has 1 aromatic heterocycles. The van der Waals surface area contributed by atoms with Crippen molar-refractivity contribution >= 4 is 34.2 Å². The van der Waals surface area contributed by atoms with E-state index < -0.39 is 0 Å². The van der Waals surface area contributed by atoms with Crippen LogP contribution in [0.4, 0.5) is 0 Å². The Balaban J connectivity index is 2.64. The zero-order chi connectivity index (χ0) is 10.1. The van der Waals surface area contributed by atoms with Crippen LogP contribution in [0.25, 0.3) is 11.0 Å². The largest absolute Gasteiger partial charge is 0.329 e. The highest BCUT2D eigenvalue weighted by Crippen LogP contribution is 2.22. The minimum absolute atomic E-state index is 0.452. The summed E-state index contributed by atoms with van der Waals surface area (Å²) in [5.41, 5.74) is 7.24. The summed E-state index contributed by atoms with van der Waals surface area (Å²) in [5.74, 6) is 0. The molecule has 2 aromatic rings. The van der Waals surface area contributed by atoms with E-state index in [1.54, 1.807) is 6.07 Å². The monoisotopic (exact) mass is 229 g/mol. The summed E-state index contributed by atoms with van der Waals surface area (Å²) >= 11 is 11.8. The Hall–Kier alpha value is -0.770. The first kappa shape index (κ1) is 9.77. The smallest absolute Gasteiger partial charge is 0.203 e. The lowest BCUT2D eigenvalue weighted by atomic mass is 10.3. The number of fused-ring (bicyclic) bond motifs is 1. The second-order valence-corrected chi connectivity index (χ2v) is 3.73. The number of hydrogen-bond donors (Lipinski definition) is 1. The van der Waals surface area contributed by atoms with Gasteiger partial charge in [-0.3, -0.25) is 0 Å². The van der Waals surface area contributed by atoms with E-state index in [4.69, 9.17) is 28.9 Å². The molecule has 0 aliphatic heterocycles. The summed E-state index contributed by atoms with van der Waals surface area (Å²) in [6.07, 6.45) is 0. The molecule has 3 nitrogen and oxygen atoms in total. The van der Waals surface area contributed by atoms with E-state index in [2.05, 4.69) is 4.98 Å². The highest BCUT2D eigenvalue weighted by molar-refractivity contribution is 6.31. The number of nitrogens with two attached hydrogens (primary N) is 1. The van der Waals surface area contributed by atoms with Gasteiger partial charge in [0, 0.05) is 18.1 Å². The van der Waals surface area contributed by atoms with Crippen molar-refractivity contribution < 1.29 is 0 Å². The number of benzene rings is 1. The van der Waals surface area contributed by atoms with Crippen LogP contribution in [0.5, 0.6) is 0 Å². The minimum Gasteiger partial charge on any atom is -0.329 e. The Morgan fingerprint density at radius 3 is 2.86 bits per heavy atom. The molecule has 0 fully saturated rings. The summed E-state index contributed by atoms with van der Waals surface area (Å²) in [6, 6.07) is 5.50. The summed E-state index contributed by atoms with van der Waals surface area (Å²) < 4.78 is 1.87. The first-order valence-electron chi connectivity index (χ1n) is 4.23. The molecule has 0 amide bonds. The van der Waals surface area contributed by atoms with E-state index in [-0.39, 0.29) is 0 Å². The van der Waals surface area contributed by atoms with Crippen molar-refractivity contribution in [1.82, 2.24) is 9.55 Å². The van der Waals surface area contributed by atoms with E-state index in [0.29, 0.717) is 23.4 Å². The normalized spacial score (nSPS) is 11.1. The lowest BCUT2D eigenvalue weighted by Crippen LogP contribution is -2.09. The van der Waals surface area contributed by atoms with E-state index in [0.717, 1.165) is 11.0 Å². The first-order valence-corrected chi connectivity index (χ1v) is 4.99. The maximum atomic E-state index is 5.95. The van der Waals surface area contributed by atoms with Crippen molar-refractivity contribution in [1.29, 1.82) is 0 Å². The molecule has 1 heterocycles. The molecule has 0 aliphatic carbocycles. The zero-order valence-corrected chi connectivity index (χ0v) is 8.89. The van der Waals surface area contributed by atoms with Gasteiger partial charge in [-0.15, -0.1) is 0 Å². The number of halogens is 2. The van der Waals surface area contributed by atoms with Crippen LogP contribution in [0.3, 0.4) is 0 Å². The minimum atomic E-state index is 0.452. The van der Waals surface area contributed by atoms with Crippen LogP contribution in [-0.4, -0.2) is 16.1 Å². The summed E-state index contributed by atoms with van der Waals surface area (Å²) in [6.45, 7) is 1.20. The van der Waals surface area contributed by atoms with Gasteiger partial charge in [-0.1, -0.05) is 11.6 Å². The quantitative estimate of drug-likeness (QED) is 0.860. The lowest BCUT2D eigenvalue weighted by Gasteiger charge is -2.02. The van der Waals surface area contributed by atoms with Crippen molar-refractivity contribution in [3.8, 4) is 0 Å². The van der Waals surface area contributed by atoms with E-state index >= 15 is 0 Å². The molecule has 0 radical (unpaired) electrons. The highest BCUT2D eigenvalue weighted by Gasteiger charge is 2.07. The number of rotatable bonds is 2. The average molecular weight is 230 g/mol. The van der Waals surface area contributed by atoms with Gasteiger partial charge in [0.15, 0.2) is 0 Å². The number of imidazole rings is 1. The van der Waals surface area contributed by atoms with Crippen LogP contribution in [0.15, 0.2) is 18.2 Å². The van der Waals surface area contributed by atoms with Crippen LogP contribution in [0.1, 0.15) is 0 Å². The van der Waals surface area contributed by atoms with Gasteiger partial charge in [0.25, 0.3) is 0 Å². The van der Waals surface area contributed by atoms with Gasteiger partial charge in [0.2, 0.25) is 5.28 Å². The Morgan fingerprint density at radius 1 is 1.36 bits per heavy atom. The fourth-order valence-electron chi connectivity index (χ4n) is 1.42. The molecule has 0 unspecified atom stereocenters.